The van der Waals surface area contributed by atoms with Crippen LogP contribution in [0.15, 0.2) is 30.3 Å². The fraction of sp³-hybridized carbons (Fsp3) is 0.250. The molecule has 4 aromatic rings. The van der Waals surface area contributed by atoms with Crippen LogP contribution in [-0.4, -0.2) is 26.5 Å². The van der Waals surface area contributed by atoms with E-state index in [0.29, 0.717) is 22.1 Å². The molecule has 2 aromatic carbocycles. The standard InChI is InChI=1S/C20H21N5O2S.ClH/c1-10(2)27-15-7-5-12(19(21)26)9-13(15)23-20-24-18-16(28-20)8-6-14-17(18)22-11(3)25(14)4;/h5-10H,1-4H3,(H2,21,26)(H,23,24);1H. The van der Waals surface area contributed by atoms with Crippen molar-refractivity contribution in [2.45, 2.75) is 26.9 Å². The van der Waals surface area contributed by atoms with Gasteiger partial charge in [0.25, 0.3) is 0 Å². The predicted octanol–water partition coefficient (Wildman–Crippen LogP) is 4.54. The first-order valence-electron chi connectivity index (χ1n) is 8.93. The van der Waals surface area contributed by atoms with Crippen LogP contribution in [0, 0.1) is 6.92 Å². The Morgan fingerprint density at radius 3 is 2.66 bits per heavy atom. The minimum atomic E-state index is -0.492. The Morgan fingerprint density at radius 1 is 1.21 bits per heavy atom. The van der Waals surface area contributed by atoms with Gasteiger partial charge < -0.3 is 20.4 Å². The van der Waals surface area contributed by atoms with E-state index in [4.69, 9.17) is 15.5 Å². The molecule has 0 atom stereocenters. The number of aromatic nitrogens is 3. The van der Waals surface area contributed by atoms with Gasteiger partial charge in [-0.15, -0.1) is 12.4 Å². The second-order valence-corrected chi connectivity index (χ2v) is 7.91. The van der Waals surface area contributed by atoms with Crippen LogP contribution >= 0.6 is 23.7 Å². The number of nitrogens with one attached hydrogen (secondary N) is 1. The Hall–Kier alpha value is -2.84. The normalized spacial score (nSPS) is 11.1. The molecule has 7 nitrogen and oxygen atoms in total. The van der Waals surface area contributed by atoms with Crippen molar-refractivity contribution in [2.75, 3.05) is 5.32 Å². The van der Waals surface area contributed by atoms with Crippen molar-refractivity contribution in [1.82, 2.24) is 14.5 Å². The van der Waals surface area contributed by atoms with Crippen LogP contribution in [-0.2, 0) is 7.05 Å². The molecule has 0 saturated carbocycles. The molecule has 0 aliphatic rings. The number of carbonyl (C=O) groups excluding carboxylic acids is 1. The quantitative estimate of drug-likeness (QED) is 0.483. The van der Waals surface area contributed by atoms with Crippen LogP contribution in [0.2, 0.25) is 0 Å². The molecule has 2 heterocycles. The smallest absolute Gasteiger partial charge is 0.248 e. The number of fused-ring (bicyclic) bond motifs is 3. The summed E-state index contributed by atoms with van der Waals surface area (Å²) in [5.41, 5.74) is 9.27. The van der Waals surface area contributed by atoms with Crippen molar-refractivity contribution in [3.8, 4) is 5.75 Å². The number of amides is 1. The maximum absolute atomic E-state index is 11.6. The average molecular weight is 432 g/mol. The van der Waals surface area contributed by atoms with Crippen molar-refractivity contribution >= 4 is 61.7 Å². The first-order chi connectivity index (χ1) is 13.3. The van der Waals surface area contributed by atoms with Gasteiger partial charge in [-0.25, -0.2) is 9.97 Å². The first kappa shape index (κ1) is 20.9. The summed E-state index contributed by atoms with van der Waals surface area (Å²) in [6.45, 7) is 5.87. The number of hydrogen-bond acceptors (Lipinski definition) is 6. The lowest BCUT2D eigenvalue weighted by Crippen LogP contribution is -2.12. The number of anilines is 2. The van der Waals surface area contributed by atoms with Gasteiger partial charge in [-0.05, 0) is 51.1 Å². The summed E-state index contributed by atoms with van der Waals surface area (Å²) in [6, 6.07) is 9.19. The molecule has 0 aliphatic carbocycles. The van der Waals surface area contributed by atoms with Crippen LogP contribution in [0.25, 0.3) is 21.3 Å². The zero-order valence-corrected chi connectivity index (χ0v) is 18.1. The third-order valence-electron chi connectivity index (χ3n) is 4.50. The first-order valence-corrected chi connectivity index (χ1v) is 9.75. The Bertz CT molecular complexity index is 1210. The molecule has 0 bridgehead atoms. The lowest BCUT2D eigenvalue weighted by molar-refractivity contribution is 0.100. The topological polar surface area (TPSA) is 95.1 Å². The summed E-state index contributed by atoms with van der Waals surface area (Å²) >= 11 is 1.52. The molecular formula is C20H22ClN5O2S. The highest BCUT2D eigenvalue weighted by molar-refractivity contribution is 7.22. The summed E-state index contributed by atoms with van der Waals surface area (Å²) in [5, 5.41) is 3.98. The van der Waals surface area contributed by atoms with Gasteiger partial charge in [0.1, 0.15) is 22.6 Å². The Kier molecular flexibility index (Phi) is 5.68. The van der Waals surface area contributed by atoms with E-state index in [9.17, 15) is 4.79 Å². The second kappa shape index (κ2) is 7.88. The lowest BCUT2D eigenvalue weighted by atomic mass is 10.1. The molecular weight excluding hydrogens is 410 g/mol. The van der Waals surface area contributed by atoms with Crippen LogP contribution in [0.5, 0.6) is 5.75 Å². The highest BCUT2D eigenvalue weighted by Crippen LogP contribution is 2.35. The van der Waals surface area contributed by atoms with Crippen LogP contribution in [0.4, 0.5) is 10.8 Å². The molecule has 152 valence electrons. The number of benzene rings is 2. The van der Waals surface area contributed by atoms with E-state index in [2.05, 4.69) is 16.4 Å². The number of nitrogens with zero attached hydrogens (tertiary/aromatic N) is 3. The molecule has 1 amide bonds. The highest BCUT2D eigenvalue weighted by Gasteiger charge is 2.15. The van der Waals surface area contributed by atoms with E-state index >= 15 is 0 Å². The van der Waals surface area contributed by atoms with E-state index in [0.717, 1.165) is 27.1 Å². The summed E-state index contributed by atoms with van der Waals surface area (Å²) in [4.78, 5) is 21.0. The third kappa shape index (κ3) is 3.86. The second-order valence-electron chi connectivity index (χ2n) is 6.88. The van der Waals surface area contributed by atoms with Gasteiger partial charge in [-0.3, -0.25) is 4.79 Å². The van der Waals surface area contributed by atoms with Crippen molar-refractivity contribution in [2.24, 2.45) is 12.8 Å². The zero-order chi connectivity index (χ0) is 20.0. The molecule has 2 aromatic heterocycles. The van der Waals surface area contributed by atoms with Gasteiger partial charge >= 0.3 is 0 Å². The van der Waals surface area contributed by atoms with Crippen molar-refractivity contribution in [1.29, 1.82) is 0 Å². The van der Waals surface area contributed by atoms with Crippen LogP contribution in [0.3, 0.4) is 0 Å². The number of hydrogen-bond donors (Lipinski definition) is 2. The molecule has 0 aliphatic heterocycles. The zero-order valence-electron chi connectivity index (χ0n) is 16.5. The van der Waals surface area contributed by atoms with Crippen molar-refractivity contribution in [3.63, 3.8) is 0 Å². The summed E-state index contributed by atoms with van der Waals surface area (Å²) in [6.07, 6.45) is -0.00790. The molecule has 9 heteroatoms. The number of nitrogens with two attached hydrogens (primary N) is 1. The SMILES string of the molecule is Cc1nc2c3nc(Nc4cc(C(N)=O)ccc4OC(C)C)sc3ccc2n1C.Cl. The number of rotatable bonds is 5. The highest BCUT2D eigenvalue weighted by atomic mass is 35.5. The molecule has 29 heavy (non-hydrogen) atoms. The van der Waals surface area contributed by atoms with E-state index in [1.54, 1.807) is 18.2 Å². The fourth-order valence-corrected chi connectivity index (χ4v) is 3.95. The van der Waals surface area contributed by atoms with Crippen molar-refractivity contribution < 1.29 is 9.53 Å². The number of aryl methyl sites for hydroxylation is 2. The average Bonchev–Trinajstić information content (AvgIpc) is 3.17. The largest absolute Gasteiger partial charge is 0.489 e. The van der Waals surface area contributed by atoms with Crippen LogP contribution < -0.4 is 15.8 Å². The van der Waals surface area contributed by atoms with E-state index in [1.807, 2.05) is 38.5 Å². The molecule has 0 radical (unpaired) electrons. The van der Waals surface area contributed by atoms with Gasteiger partial charge in [-0.2, -0.15) is 0 Å². The van der Waals surface area contributed by atoms with Crippen molar-refractivity contribution in [3.05, 3.63) is 41.7 Å². The lowest BCUT2D eigenvalue weighted by Gasteiger charge is -2.15. The van der Waals surface area contributed by atoms with E-state index in [1.165, 1.54) is 11.3 Å². The maximum atomic E-state index is 11.6. The monoisotopic (exact) mass is 431 g/mol. The number of primary amides is 1. The Balaban J connectivity index is 0.00000240. The maximum Gasteiger partial charge on any atom is 0.248 e. The fourth-order valence-electron chi connectivity index (χ4n) is 3.07. The minimum absolute atomic E-state index is 0. The van der Waals surface area contributed by atoms with Gasteiger partial charge in [0.2, 0.25) is 5.91 Å². The van der Waals surface area contributed by atoms with Gasteiger partial charge in [0.05, 0.1) is 22.0 Å². The predicted molar refractivity (Wildman–Crippen MR) is 120 cm³/mol. The number of imidazole rings is 1. The molecule has 0 saturated heterocycles. The van der Waals surface area contributed by atoms with Crippen LogP contribution in [0.1, 0.15) is 30.0 Å². The summed E-state index contributed by atoms with van der Waals surface area (Å²) < 4.78 is 8.94. The molecule has 0 fully saturated rings. The Labute approximate surface area is 178 Å². The number of ether oxygens (including phenoxy) is 1. The minimum Gasteiger partial charge on any atom is -0.489 e. The molecule has 0 unspecified atom stereocenters. The molecule has 3 N–H and O–H groups in total. The van der Waals surface area contributed by atoms with Gasteiger partial charge in [0, 0.05) is 12.6 Å². The van der Waals surface area contributed by atoms with Gasteiger partial charge in [0.15, 0.2) is 5.13 Å². The summed E-state index contributed by atoms with van der Waals surface area (Å²) in [7, 11) is 1.99. The summed E-state index contributed by atoms with van der Waals surface area (Å²) in [5.74, 6) is 1.08. The number of carbonyl (C=O) groups is 1. The third-order valence-corrected chi connectivity index (χ3v) is 5.44. The van der Waals surface area contributed by atoms with Gasteiger partial charge in [-0.1, -0.05) is 11.3 Å². The Morgan fingerprint density at radius 2 is 1.97 bits per heavy atom. The van der Waals surface area contributed by atoms with E-state index < -0.39 is 5.91 Å². The number of thiazole rings is 1. The molecule has 4 rings (SSSR count). The van der Waals surface area contributed by atoms with E-state index in [-0.39, 0.29) is 18.5 Å². The molecule has 0 spiro atoms. The number of halogens is 1.